The second-order valence-corrected chi connectivity index (χ2v) is 3.25. The van der Waals surface area contributed by atoms with Crippen LogP contribution in [0.1, 0.15) is 12.5 Å². The van der Waals surface area contributed by atoms with Crippen LogP contribution in [-0.4, -0.2) is 26.2 Å². The lowest BCUT2D eigenvalue weighted by molar-refractivity contribution is -0.142. The van der Waals surface area contributed by atoms with Gasteiger partial charge in [-0.3, -0.25) is 0 Å². The maximum atomic E-state index is 10.9. The van der Waals surface area contributed by atoms with Crippen LogP contribution in [0.3, 0.4) is 0 Å². The summed E-state index contributed by atoms with van der Waals surface area (Å²) in [6.45, 7) is 3.61. The molecule has 0 heterocycles. The predicted molar refractivity (Wildman–Crippen MR) is 61.3 cm³/mol. The SMILES string of the molecule is CCNCc1ccccc1OCC(=O)OC. The summed E-state index contributed by atoms with van der Waals surface area (Å²) in [5.74, 6) is 0.340. The van der Waals surface area contributed by atoms with Crippen LogP contribution in [0.15, 0.2) is 24.3 Å². The Morgan fingerprint density at radius 3 is 2.81 bits per heavy atom. The molecule has 1 aromatic rings. The van der Waals surface area contributed by atoms with Crippen molar-refractivity contribution in [2.45, 2.75) is 13.5 Å². The lowest BCUT2D eigenvalue weighted by Gasteiger charge is -2.10. The highest BCUT2D eigenvalue weighted by atomic mass is 16.6. The van der Waals surface area contributed by atoms with E-state index in [0.29, 0.717) is 5.75 Å². The molecule has 0 aromatic heterocycles. The smallest absolute Gasteiger partial charge is 0.343 e. The van der Waals surface area contributed by atoms with Crippen molar-refractivity contribution >= 4 is 5.97 Å². The summed E-state index contributed by atoms with van der Waals surface area (Å²) in [7, 11) is 1.34. The zero-order valence-electron chi connectivity index (χ0n) is 9.66. The molecule has 0 unspecified atom stereocenters. The molecule has 0 saturated heterocycles. The zero-order valence-corrected chi connectivity index (χ0v) is 9.66. The average molecular weight is 223 g/mol. The number of carbonyl (C=O) groups excluding carboxylic acids is 1. The molecule has 0 spiro atoms. The molecule has 88 valence electrons. The molecule has 0 bridgehead atoms. The number of nitrogens with one attached hydrogen (secondary N) is 1. The number of carbonyl (C=O) groups is 1. The minimum atomic E-state index is -0.377. The van der Waals surface area contributed by atoms with E-state index in [9.17, 15) is 4.79 Å². The zero-order chi connectivity index (χ0) is 11.8. The third-order valence-electron chi connectivity index (χ3n) is 2.11. The standard InChI is InChI=1S/C12H17NO3/c1-3-13-8-10-6-4-5-7-11(10)16-9-12(14)15-2/h4-7,13H,3,8-9H2,1-2H3. The molecule has 0 saturated carbocycles. The number of para-hydroxylation sites is 1. The molecule has 0 aliphatic rings. The molecule has 4 nitrogen and oxygen atoms in total. The number of hydrogen-bond acceptors (Lipinski definition) is 4. The summed E-state index contributed by atoms with van der Waals surface area (Å²) in [5.41, 5.74) is 1.04. The number of benzene rings is 1. The van der Waals surface area contributed by atoms with Gasteiger partial charge in [-0.2, -0.15) is 0 Å². The lowest BCUT2D eigenvalue weighted by atomic mass is 10.2. The van der Waals surface area contributed by atoms with Crippen LogP contribution >= 0.6 is 0 Å². The first-order valence-electron chi connectivity index (χ1n) is 5.26. The maximum absolute atomic E-state index is 10.9. The fourth-order valence-corrected chi connectivity index (χ4v) is 1.25. The Balaban J connectivity index is 2.59. The van der Waals surface area contributed by atoms with Crippen molar-refractivity contribution in [3.63, 3.8) is 0 Å². The molecule has 0 aliphatic carbocycles. The summed E-state index contributed by atoms with van der Waals surface area (Å²) >= 11 is 0. The van der Waals surface area contributed by atoms with Gasteiger partial charge < -0.3 is 14.8 Å². The third-order valence-corrected chi connectivity index (χ3v) is 2.11. The molecule has 0 fully saturated rings. The van der Waals surface area contributed by atoms with Crippen LogP contribution in [0.4, 0.5) is 0 Å². The topological polar surface area (TPSA) is 47.6 Å². The Kier molecular flexibility index (Phi) is 5.36. The quantitative estimate of drug-likeness (QED) is 0.739. The number of methoxy groups -OCH3 is 1. The fraction of sp³-hybridized carbons (Fsp3) is 0.417. The average Bonchev–Trinajstić information content (AvgIpc) is 2.34. The van der Waals surface area contributed by atoms with E-state index in [-0.39, 0.29) is 12.6 Å². The van der Waals surface area contributed by atoms with Gasteiger partial charge in [-0.25, -0.2) is 4.79 Å². The highest BCUT2D eigenvalue weighted by Crippen LogP contribution is 2.17. The molecule has 0 aliphatic heterocycles. The van der Waals surface area contributed by atoms with Crippen LogP contribution in [0, 0.1) is 0 Å². The summed E-state index contributed by atoms with van der Waals surface area (Å²) < 4.78 is 9.89. The monoisotopic (exact) mass is 223 g/mol. The second kappa shape index (κ2) is 6.85. The van der Waals surface area contributed by atoms with Gasteiger partial charge in [0.05, 0.1) is 7.11 Å². The second-order valence-electron chi connectivity index (χ2n) is 3.25. The molecule has 4 heteroatoms. The predicted octanol–water partition coefficient (Wildman–Crippen LogP) is 1.35. The van der Waals surface area contributed by atoms with Gasteiger partial charge in [0.2, 0.25) is 0 Å². The van der Waals surface area contributed by atoms with Gasteiger partial charge in [-0.1, -0.05) is 25.1 Å². The van der Waals surface area contributed by atoms with E-state index < -0.39 is 0 Å². The number of esters is 1. The Morgan fingerprint density at radius 2 is 2.12 bits per heavy atom. The van der Waals surface area contributed by atoms with Crippen LogP contribution in [0.5, 0.6) is 5.75 Å². The summed E-state index contributed by atoms with van der Waals surface area (Å²) in [5, 5.41) is 3.21. The number of rotatable bonds is 6. The largest absolute Gasteiger partial charge is 0.482 e. The first-order chi connectivity index (χ1) is 7.77. The van der Waals surface area contributed by atoms with E-state index in [1.165, 1.54) is 7.11 Å². The van der Waals surface area contributed by atoms with Crippen molar-refractivity contribution in [3.8, 4) is 5.75 Å². The lowest BCUT2D eigenvalue weighted by Crippen LogP contribution is -2.16. The van der Waals surface area contributed by atoms with Crippen LogP contribution < -0.4 is 10.1 Å². The Hall–Kier alpha value is -1.55. The summed E-state index contributed by atoms with van der Waals surface area (Å²) in [4.78, 5) is 10.9. The minimum Gasteiger partial charge on any atom is -0.482 e. The Labute approximate surface area is 95.6 Å². The van der Waals surface area contributed by atoms with Gasteiger partial charge in [0.15, 0.2) is 6.61 Å². The molecule has 0 atom stereocenters. The van der Waals surface area contributed by atoms with Crippen LogP contribution in [0.25, 0.3) is 0 Å². The van der Waals surface area contributed by atoms with Crippen molar-refractivity contribution in [2.24, 2.45) is 0 Å². The van der Waals surface area contributed by atoms with Gasteiger partial charge in [-0.15, -0.1) is 0 Å². The Morgan fingerprint density at radius 1 is 1.38 bits per heavy atom. The number of ether oxygens (including phenoxy) is 2. The first-order valence-corrected chi connectivity index (χ1v) is 5.26. The van der Waals surface area contributed by atoms with E-state index in [1.807, 2.05) is 31.2 Å². The van der Waals surface area contributed by atoms with Crippen LogP contribution in [0.2, 0.25) is 0 Å². The molecular formula is C12H17NO3. The number of hydrogen-bond donors (Lipinski definition) is 1. The maximum Gasteiger partial charge on any atom is 0.343 e. The van der Waals surface area contributed by atoms with E-state index in [1.54, 1.807) is 0 Å². The highest BCUT2D eigenvalue weighted by molar-refractivity contribution is 5.70. The Bertz CT molecular complexity index is 339. The normalized spacial score (nSPS) is 9.88. The van der Waals surface area contributed by atoms with Gasteiger partial charge in [0, 0.05) is 12.1 Å². The summed E-state index contributed by atoms with van der Waals surface area (Å²) in [6.07, 6.45) is 0. The van der Waals surface area contributed by atoms with Gasteiger partial charge in [0.25, 0.3) is 0 Å². The fourth-order valence-electron chi connectivity index (χ4n) is 1.25. The molecule has 1 N–H and O–H groups in total. The van der Waals surface area contributed by atoms with Gasteiger partial charge in [0.1, 0.15) is 5.75 Å². The third kappa shape index (κ3) is 3.90. The van der Waals surface area contributed by atoms with Crippen molar-refractivity contribution in [3.05, 3.63) is 29.8 Å². The van der Waals surface area contributed by atoms with Crippen molar-refractivity contribution in [1.29, 1.82) is 0 Å². The van der Waals surface area contributed by atoms with E-state index in [0.717, 1.165) is 18.7 Å². The van der Waals surface area contributed by atoms with Crippen molar-refractivity contribution in [1.82, 2.24) is 5.32 Å². The minimum absolute atomic E-state index is 0.0559. The summed E-state index contributed by atoms with van der Waals surface area (Å²) in [6, 6.07) is 7.63. The molecule has 1 rings (SSSR count). The molecule has 1 aromatic carbocycles. The van der Waals surface area contributed by atoms with Crippen molar-refractivity contribution in [2.75, 3.05) is 20.3 Å². The van der Waals surface area contributed by atoms with E-state index >= 15 is 0 Å². The van der Waals surface area contributed by atoms with E-state index in [4.69, 9.17) is 4.74 Å². The highest BCUT2D eigenvalue weighted by Gasteiger charge is 2.05. The van der Waals surface area contributed by atoms with Gasteiger partial charge >= 0.3 is 5.97 Å². The molecular weight excluding hydrogens is 206 g/mol. The molecule has 0 amide bonds. The molecule has 16 heavy (non-hydrogen) atoms. The van der Waals surface area contributed by atoms with Gasteiger partial charge in [-0.05, 0) is 12.6 Å². The first kappa shape index (κ1) is 12.5. The van der Waals surface area contributed by atoms with Crippen LogP contribution in [-0.2, 0) is 16.1 Å². The molecule has 0 radical (unpaired) electrons. The van der Waals surface area contributed by atoms with Crippen molar-refractivity contribution < 1.29 is 14.3 Å². The van der Waals surface area contributed by atoms with E-state index in [2.05, 4.69) is 10.1 Å².